The van der Waals surface area contributed by atoms with Crippen molar-refractivity contribution in [1.82, 2.24) is 0 Å². The number of hydrogen-bond donors (Lipinski definition) is 1. The Bertz CT molecular complexity index is 317. The largest absolute Gasteiger partial charge is 0.496 e. The molecule has 0 heterocycles. The monoisotopic (exact) mass is 229 g/mol. The maximum atomic E-state index is 5.92. The normalized spacial score (nSPS) is 12.5. The molecule has 0 amide bonds. The van der Waals surface area contributed by atoms with Crippen LogP contribution < -0.4 is 10.5 Å². The zero-order chi connectivity index (χ0) is 11.3. The van der Waals surface area contributed by atoms with Gasteiger partial charge >= 0.3 is 0 Å². The summed E-state index contributed by atoms with van der Waals surface area (Å²) >= 11 is 5.92. The molecule has 0 fully saturated rings. The molecule has 1 aromatic rings. The Kier molecular flexibility index (Phi) is 4.88. The average Bonchev–Trinajstić information content (AvgIpc) is 2.25. The van der Waals surface area contributed by atoms with Crippen LogP contribution in [0.4, 0.5) is 0 Å². The topological polar surface area (TPSA) is 44.5 Å². The maximum absolute atomic E-state index is 5.92. The van der Waals surface area contributed by atoms with E-state index >= 15 is 0 Å². The minimum Gasteiger partial charge on any atom is -0.496 e. The highest BCUT2D eigenvalue weighted by Gasteiger charge is 2.11. The van der Waals surface area contributed by atoms with Gasteiger partial charge in [-0.15, -0.1) is 0 Å². The number of ether oxygens (including phenoxy) is 2. The molecule has 0 bridgehead atoms. The smallest absolute Gasteiger partial charge is 0.124 e. The first-order valence-electron chi connectivity index (χ1n) is 4.84. The Balaban J connectivity index is 2.85. The first-order chi connectivity index (χ1) is 7.19. The molecule has 1 rings (SSSR count). The number of benzene rings is 1. The fourth-order valence-electron chi connectivity index (χ4n) is 1.36. The third-order valence-electron chi connectivity index (χ3n) is 2.12. The maximum Gasteiger partial charge on any atom is 0.124 e. The molecule has 0 spiro atoms. The molecule has 1 unspecified atom stereocenters. The first kappa shape index (κ1) is 12.3. The molecule has 4 heteroatoms. The lowest BCUT2D eigenvalue weighted by atomic mass is 10.1. The van der Waals surface area contributed by atoms with E-state index in [-0.39, 0.29) is 6.10 Å². The molecule has 0 saturated heterocycles. The second-order valence-corrected chi connectivity index (χ2v) is 3.62. The fraction of sp³-hybridized carbons (Fsp3) is 0.455. The molecule has 84 valence electrons. The summed E-state index contributed by atoms with van der Waals surface area (Å²) in [5.41, 5.74) is 6.32. The van der Waals surface area contributed by atoms with Gasteiger partial charge in [-0.2, -0.15) is 0 Å². The van der Waals surface area contributed by atoms with Crippen LogP contribution >= 0.6 is 11.6 Å². The second-order valence-electron chi connectivity index (χ2n) is 3.19. The van der Waals surface area contributed by atoms with E-state index in [1.54, 1.807) is 13.2 Å². The van der Waals surface area contributed by atoms with Gasteiger partial charge in [-0.25, -0.2) is 0 Å². The van der Waals surface area contributed by atoms with Crippen molar-refractivity contribution in [2.75, 3.05) is 20.3 Å². The highest BCUT2D eigenvalue weighted by Crippen LogP contribution is 2.29. The molecule has 1 aromatic carbocycles. The van der Waals surface area contributed by atoms with Gasteiger partial charge in [0.05, 0.1) is 19.8 Å². The lowest BCUT2D eigenvalue weighted by Crippen LogP contribution is -2.11. The number of rotatable bonds is 5. The summed E-state index contributed by atoms with van der Waals surface area (Å²) in [7, 11) is 1.63. The lowest BCUT2D eigenvalue weighted by Gasteiger charge is -2.16. The van der Waals surface area contributed by atoms with Crippen molar-refractivity contribution in [3.63, 3.8) is 0 Å². The van der Waals surface area contributed by atoms with Crippen LogP contribution in [0, 0.1) is 0 Å². The SMILES string of the molecule is COc1ccc(Cl)cc1C(C)OCCN. The van der Waals surface area contributed by atoms with E-state index in [0.717, 1.165) is 11.3 Å². The van der Waals surface area contributed by atoms with E-state index in [0.29, 0.717) is 18.2 Å². The lowest BCUT2D eigenvalue weighted by molar-refractivity contribution is 0.0700. The van der Waals surface area contributed by atoms with Crippen LogP contribution in [-0.4, -0.2) is 20.3 Å². The van der Waals surface area contributed by atoms with Crippen molar-refractivity contribution in [1.29, 1.82) is 0 Å². The summed E-state index contributed by atoms with van der Waals surface area (Å²) in [5.74, 6) is 0.781. The van der Waals surface area contributed by atoms with Crippen LogP contribution in [0.15, 0.2) is 18.2 Å². The van der Waals surface area contributed by atoms with Crippen LogP contribution in [0.1, 0.15) is 18.6 Å². The van der Waals surface area contributed by atoms with Crippen molar-refractivity contribution in [2.45, 2.75) is 13.0 Å². The fourth-order valence-corrected chi connectivity index (χ4v) is 1.54. The molecule has 15 heavy (non-hydrogen) atoms. The summed E-state index contributed by atoms with van der Waals surface area (Å²) in [6.07, 6.45) is -0.0674. The van der Waals surface area contributed by atoms with Crippen LogP contribution in [0.2, 0.25) is 5.02 Å². The Morgan fingerprint density at radius 2 is 2.20 bits per heavy atom. The summed E-state index contributed by atoms with van der Waals surface area (Å²) < 4.78 is 10.7. The Morgan fingerprint density at radius 1 is 1.47 bits per heavy atom. The van der Waals surface area contributed by atoms with Crippen LogP contribution in [0.25, 0.3) is 0 Å². The van der Waals surface area contributed by atoms with Gasteiger partial charge in [-0.3, -0.25) is 0 Å². The molecule has 1 atom stereocenters. The van der Waals surface area contributed by atoms with E-state index in [2.05, 4.69) is 0 Å². The van der Waals surface area contributed by atoms with Crippen LogP contribution in [0.3, 0.4) is 0 Å². The van der Waals surface area contributed by atoms with E-state index in [1.165, 1.54) is 0 Å². The first-order valence-corrected chi connectivity index (χ1v) is 5.22. The predicted octanol–water partition coefficient (Wildman–Crippen LogP) is 2.38. The molecule has 0 radical (unpaired) electrons. The summed E-state index contributed by atoms with van der Waals surface area (Å²) in [4.78, 5) is 0. The molecular formula is C11H16ClNO2. The van der Waals surface area contributed by atoms with Gasteiger partial charge < -0.3 is 15.2 Å². The third-order valence-corrected chi connectivity index (χ3v) is 2.35. The van der Waals surface area contributed by atoms with Gasteiger partial charge in [-0.05, 0) is 25.1 Å². The van der Waals surface area contributed by atoms with Crippen molar-refractivity contribution in [2.24, 2.45) is 5.73 Å². The summed E-state index contributed by atoms with van der Waals surface area (Å²) in [6, 6.07) is 5.47. The quantitative estimate of drug-likeness (QED) is 0.843. The van der Waals surface area contributed by atoms with E-state index in [4.69, 9.17) is 26.8 Å². The van der Waals surface area contributed by atoms with Crippen molar-refractivity contribution >= 4 is 11.6 Å². The number of nitrogens with two attached hydrogens (primary N) is 1. The van der Waals surface area contributed by atoms with Crippen LogP contribution in [-0.2, 0) is 4.74 Å². The Labute approximate surface area is 95.1 Å². The Hall–Kier alpha value is -0.770. The molecule has 0 aromatic heterocycles. The third kappa shape index (κ3) is 3.38. The summed E-state index contributed by atoms with van der Waals surface area (Å²) in [6.45, 7) is 2.98. The molecule has 0 aliphatic heterocycles. The van der Waals surface area contributed by atoms with E-state index in [1.807, 2.05) is 19.1 Å². The number of hydrogen-bond acceptors (Lipinski definition) is 3. The highest BCUT2D eigenvalue weighted by molar-refractivity contribution is 6.30. The summed E-state index contributed by atoms with van der Waals surface area (Å²) in [5, 5.41) is 0.675. The molecule has 0 aliphatic carbocycles. The van der Waals surface area contributed by atoms with Gasteiger partial charge in [0.15, 0.2) is 0 Å². The average molecular weight is 230 g/mol. The number of methoxy groups -OCH3 is 1. The van der Waals surface area contributed by atoms with Gasteiger partial charge in [-0.1, -0.05) is 11.6 Å². The Morgan fingerprint density at radius 3 is 2.80 bits per heavy atom. The van der Waals surface area contributed by atoms with Crippen LogP contribution in [0.5, 0.6) is 5.75 Å². The van der Waals surface area contributed by atoms with Gasteiger partial charge in [0.1, 0.15) is 5.75 Å². The zero-order valence-corrected chi connectivity index (χ0v) is 9.75. The van der Waals surface area contributed by atoms with Gasteiger partial charge in [0, 0.05) is 17.1 Å². The minimum absolute atomic E-state index is 0.0674. The van der Waals surface area contributed by atoms with Crippen molar-refractivity contribution < 1.29 is 9.47 Å². The molecular weight excluding hydrogens is 214 g/mol. The number of halogens is 1. The van der Waals surface area contributed by atoms with Crippen molar-refractivity contribution in [3.05, 3.63) is 28.8 Å². The minimum atomic E-state index is -0.0674. The highest BCUT2D eigenvalue weighted by atomic mass is 35.5. The molecule has 0 aliphatic rings. The molecule has 3 nitrogen and oxygen atoms in total. The van der Waals surface area contributed by atoms with E-state index in [9.17, 15) is 0 Å². The molecule has 0 saturated carbocycles. The molecule has 2 N–H and O–H groups in total. The second kappa shape index (κ2) is 5.95. The van der Waals surface area contributed by atoms with Gasteiger partial charge in [0.2, 0.25) is 0 Å². The van der Waals surface area contributed by atoms with Crippen molar-refractivity contribution in [3.8, 4) is 5.75 Å². The van der Waals surface area contributed by atoms with E-state index < -0.39 is 0 Å². The van der Waals surface area contributed by atoms with Gasteiger partial charge in [0.25, 0.3) is 0 Å². The standard InChI is InChI=1S/C11H16ClNO2/c1-8(15-6-5-13)10-7-9(12)3-4-11(10)14-2/h3-4,7-8H,5-6,13H2,1-2H3. The zero-order valence-electron chi connectivity index (χ0n) is 9.00. The predicted molar refractivity (Wildman–Crippen MR) is 61.4 cm³/mol.